The van der Waals surface area contributed by atoms with E-state index in [1.807, 2.05) is 0 Å². The van der Waals surface area contributed by atoms with E-state index in [2.05, 4.69) is 54.0 Å². The van der Waals surface area contributed by atoms with E-state index in [9.17, 15) is 0 Å². The average Bonchev–Trinajstić information content (AvgIpc) is 2.62. The number of hydrogen-bond acceptors (Lipinski definition) is 3. The Morgan fingerprint density at radius 3 is 2.38 bits per heavy atom. The number of nitrogens with zero attached hydrogens (tertiary/aromatic N) is 2. The smallest absolute Gasteiger partial charge is 0.119 e. The number of methoxy groups -OCH3 is 1. The number of fused-ring (bicyclic) bond motifs is 1. The number of benzene rings is 1. The Kier molecular flexibility index (Phi) is 4.07. The second-order valence-electron chi connectivity index (χ2n) is 8.28. The second kappa shape index (κ2) is 6.11. The highest BCUT2D eigenvalue weighted by molar-refractivity contribution is 5.49. The van der Waals surface area contributed by atoms with Crippen LogP contribution in [0.4, 0.5) is 5.69 Å². The van der Waals surface area contributed by atoms with Gasteiger partial charge in [-0.3, -0.25) is 4.90 Å². The van der Waals surface area contributed by atoms with E-state index in [0.717, 1.165) is 30.7 Å². The van der Waals surface area contributed by atoms with Crippen LogP contribution in [-0.2, 0) is 0 Å². The van der Waals surface area contributed by atoms with Gasteiger partial charge in [-0.15, -0.1) is 0 Å². The van der Waals surface area contributed by atoms with Crippen LogP contribution in [0.2, 0.25) is 0 Å². The molecule has 3 heteroatoms. The molecular formula is C21H30N2O. The summed E-state index contributed by atoms with van der Waals surface area (Å²) >= 11 is 0. The summed E-state index contributed by atoms with van der Waals surface area (Å²) in [6.45, 7) is 10.7. The minimum Gasteiger partial charge on any atom is -0.497 e. The molecule has 0 aromatic heterocycles. The molecule has 0 amide bonds. The number of rotatable bonds is 4. The maximum Gasteiger partial charge on any atom is 0.119 e. The number of anilines is 1. The Morgan fingerprint density at radius 2 is 1.79 bits per heavy atom. The van der Waals surface area contributed by atoms with E-state index in [1.165, 1.54) is 38.2 Å². The number of ether oxygens (including phenoxy) is 1. The van der Waals surface area contributed by atoms with Crippen LogP contribution in [0.5, 0.6) is 5.75 Å². The Bertz CT molecular complexity index is 611. The Hall–Kier alpha value is -1.48. The molecule has 1 heterocycles. The van der Waals surface area contributed by atoms with Crippen molar-refractivity contribution in [2.45, 2.75) is 26.7 Å². The monoisotopic (exact) mass is 326 g/mol. The summed E-state index contributed by atoms with van der Waals surface area (Å²) in [7, 11) is 1.72. The van der Waals surface area contributed by atoms with E-state index >= 15 is 0 Å². The van der Waals surface area contributed by atoms with Gasteiger partial charge in [0.25, 0.3) is 0 Å². The molecule has 1 saturated carbocycles. The summed E-state index contributed by atoms with van der Waals surface area (Å²) in [4.78, 5) is 5.15. The fraction of sp³-hybridized carbons (Fsp3) is 0.619. The van der Waals surface area contributed by atoms with Crippen molar-refractivity contribution in [2.75, 3.05) is 44.7 Å². The number of hydrogen-bond donors (Lipinski definition) is 0. The summed E-state index contributed by atoms with van der Waals surface area (Å²) in [6.07, 6.45) is 5.30. The van der Waals surface area contributed by atoms with Crippen LogP contribution >= 0.6 is 0 Å². The van der Waals surface area contributed by atoms with Crippen LogP contribution in [0, 0.1) is 17.3 Å². The van der Waals surface area contributed by atoms with Crippen molar-refractivity contribution in [3.05, 3.63) is 35.9 Å². The minimum atomic E-state index is 0.551. The lowest BCUT2D eigenvalue weighted by molar-refractivity contribution is -0.0107. The summed E-state index contributed by atoms with van der Waals surface area (Å²) in [5.41, 5.74) is 3.59. The third-order valence-electron chi connectivity index (χ3n) is 6.80. The third-order valence-corrected chi connectivity index (χ3v) is 6.80. The summed E-state index contributed by atoms with van der Waals surface area (Å²) in [5, 5.41) is 0. The lowest BCUT2D eigenvalue weighted by Gasteiger charge is -2.57. The first-order chi connectivity index (χ1) is 11.6. The first-order valence-electron chi connectivity index (χ1n) is 9.38. The van der Waals surface area contributed by atoms with E-state index < -0.39 is 0 Å². The van der Waals surface area contributed by atoms with Gasteiger partial charge in [-0.2, -0.15) is 0 Å². The van der Waals surface area contributed by atoms with Crippen LogP contribution < -0.4 is 9.64 Å². The van der Waals surface area contributed by atoms with Crippen molar-refractivity contribution in [3.63, 3.8) is 0 Å². The second-order valence-corrected chi connectivity index (χ2v) is 8.28. The van der Waals surface area contributed by atoms with Crippen LogP contribution in [0.15, 0.2) is 35.9 Å². The predicted octanol–water partition coefficient (Wildman–Crippen LogP) is 3.81. The fourth-order valence-electron chi connectivity index (χ4n) is 4.87. The molecule has 3 aliphatic carbocycles. The topological polar surface area (TPSA) is 15.7 Å². The summed E-state index contributed by atoms with van der Waals surface area (Å²) in [6, 6.07) is 8.47. The zero-order valence-electron chi connectivity index (χ0n) is 15.3. The van der Waals surface area contributed by atoms with Gasteiger partial charge in [-0.1, -0.05) is 25.5 Å². The highest BCUT2D eigenvalue weighted by atomic mass is 16.5. The van der Waals surface area contributed by atoms with Crippen LogP contribution in [-0.4, -0.2) is 44.7 Å². The van der Waals surface area contributed by atoms with Crippen LogP contribution in [0.3, 0.4) is 0 Å². The first kappa shape index (κ1) is 16.0. The van der Waals surface area contributed by atoms with Gasteiger partial charge < -0.3 is 9.64 Å². The number of allylic oxidation sites excluding steroid dienone is 1. The highest BCUT2D eigenvalue weighted by Crippen LogP contribution is 2.59. The van der Waals surface area contributed by atoms with Crippen molar-refractivity contribution in [3.8, 4) is 5.75 Å². The quantitative estimate of drug-likeness (QED) is 0.783. The van der Waals surface area contributed by atoms with E-state index in [0.29, 0.717) is 5.41 Å². The zero-order chi connectivity index (χ0) is 16.7. The van der Waals surface area contributed by atoms with E-state index in [-0.39, 0.29) is 0 Å². The molecule has 4 aliphatic rings. The number of piperazine rings is 1. The van der Waals surface area contributed by atoms with Gasteiger partial charge in [0.1, 0.15) is 5.75 Å². The molecule has 0 unspecified atom stereocenters. The van der Waals surface area contributed by atoms with Gasteiger partial charge in [0.15, 0.2) is 0 Å². The SMILES string of the molecule is COc1ccc(N2CCN(CC3=CC[C@H]4C[C@@H]3C4(C)C)CC2)cc1. The molecule has 0 radical (unpaired) electrons. The van der Waals surface area contributed by atoms with Crippen LogP contribution in [0.25, 0.3) is 0 Å². The molecule has 2 atom stereocenters. The molecule has 1 saturated heterocycles. The fourth-order valence-corrected chi connectivity index (χ4v) is 4.87. The molecular weight excluding hydrogens is 296 g/mol. The maximum atomic E-state index is 5.26. The molecule has 3 nitrogen and oxygen atoms in total. The highest BCUT2D eigenvalue weighted by Gasteiger charge is 2.51. The molecule has 1 aliphatic heterocycles. The summed E-state index contributed by atoms with van der Waals surface area (Å²) in [5.74, 6) is 2.72. The van der Waals surface area contributed by atoms with Crippen LogP contribution in [0.1, 0.15) is 26.7 Å². The standard InChI is InChI=1S/C21H30N2O/c1-21(2)17-5-4-16(20(21)14-17)15-22-10-12-23(13-11-22)18-6-8-19(24-3)9-7-18/h4,6-9,17,20H,5,10-15H2,1-3H3/t17-,20-/m0/s1. The summed E-state index contributed by atoms with van der Waals surface area (Å²) < 4.78 is 5.26. The van der Waals surface area contributed by atoms with Gasteiger partial charge in [0, 0.05) is 38.4 Å². The Morgan fingerprint density at radius 1 is 1.08 bits per heavy atom. The average molecular weight is 326 g/mol. The predicted molar refractivity (Wildman–Crippen MR) is 99.7 cm³/mol. The third kappa shape index (κ3) is 2.73. The molecule has 24 heavy (non-hydrogen) atoms. The van der Waals surface area contributed by atoms with E-state index in [1.54, 1.807) is 12.7 Å². The zero-order valence-corrected chi connectivity index (χ0v) is 15.3. The van der Waals surface area contributed by atoms with Crippen molar-refractivity contribution < 1.29 is 4.74 Å². The minimum absolute atomic E-state index is 0.551. The first-order valence-corrected chi connectivity index (χ1v) is 9.38. The van der Waals surface area contributed by atoms with Gasteiger partial charge in [0.05, 0.1) is 7.11 Å². The molecule has 1 aromatic rings. The van der Waals surface area contributed by atoms with Crippen molar-refractivity contribution in [2.24, 2.45) is 17.3 Å². The molecule has 0 N–H and O–H groups in total. The molecule has 2 bridgehead atoms. The largest absolute Gasteiger partial charge is 0.497 e. The molecule has 2 fully saturated rings. The van der Waals surface area contributed by atoms with Crippen molar-refractivity contribution >= 4 is 5.69 Å². The lowest BCUT2D eigenvalue weighted by Crippen LogP contribution is -2.52. The molecule has 5 rings (SSSR count). The van der Waals surface area contributed by atoms with E-state index in [4.69, 9.17) is 4.74 Å². The lowest BCUT2D eigenvalue weighted by atomic mass is 9.49. The molecule has 0 spiro atoms. The van der Waals surface area contributed by atoms with Crippen molar-refractivity contribution in [1.29, 1.82) is 0 Å². The Labute approximate surface area is 146 Å². The Balaban J connectivity index is 1.32. The van der Waals surface area contributed by atoms with Gasteiger partial charge in [0.2, 0.25) is 0 Å². The maximum absolute atomic E-state index is 5.26. The van der Waals surface area contributed by atoms with Gasteiger partial charge in [-0.25, -0.2) is 0 Å². The van der Waals surface area contributed by atoms with Gasteiger partial charge in [-0.05, 0) is 54.4 Å². The molecule has 130 valence electrons. The van der Waals surface area contributed by atoms with Gasteiger partial charge >= 0.3 is 0 Å². The molecule has 1 aromatic carbocycles. The normalized spacial score (nSPS) is 29.0. The van der Waals surface area contributed by atoms with Crippen molar-refractivity contribution in [1.82, 2.24) is 4.90 Å².